The molecule has 0 aromatic heterocycles. The summed E-state index contributed by atoms with van der Waals surface area (Å²) in [6.45, 7) is 2.03. The molecule has 9 heavy (non-hydrogen) atoms. The summed E-state index contributed by atoms with van der Waals surface area (Å²) in [5.74, 6) is 0. The molecule has 48 valence electrons. The van der Waals surface area contributed by atoms with Gasteiger partial charge in [0.1, 0.15) is 0 Å². The van der Waals surface area contributed by atoms with Gasteiger partial charge in [-0.15, -0.1) is 0 Å². The number of rotatable bonds is 1. The van der Waals surface area contributed by atoms with E-state index in [1.165, 1.54) is 5.56 Å². The zero-order valence-corrected chi connectivity index (χ0v) is 6.26. The van der Waals surface area contributed by atoms with Crippen molar-refractivity contribution >= 4 is 14.1 Å². The third kappa shape index (κ3) is 1.78. The van der Waals surface area contributed by atoms with Crippen molar-refractivity contribution < 1.29 is 4.89 Å². The molecule has 0 radical (unpaired) electrons. The van der Waals surface area contributed by atoms with Crippen molar-refractivity contribution in [3.05, 3.63) is 29.8 Å². The summed E-state index contributed by atoms with van der Waals surface area (Å²) in [6, 6.07) is 7.87. The second-order valence-corrected chi connectivity index (χ2v) is 2.78. The first kappa shape index (κ1) is 6.73. The summed E-state index contributed by atoms with van der Waals surface area (Å²) in [5, 5.41) is 1.00. The van der Waals surface area contributed by atoms with Gasteiger partial charge in [-0.2, -0.15) is 0 Å². The molecule has 0 heterocycles. The van der Waals surface area contributed by atoms with Crippen molar-refractivity contribution in [1.29, 1.82) is 0 Å². The molecule has 0 amide bonds. The van der Waals surface area contributed by atoms with Gasteiger partial charge in [-0.3, -0.25) is 0 Å². The molecule has 0 fully saturated rings. The molecule has 0 spiro atoms. The van der Waals surface area contributed by atoms with Crippen LogP contribution in [0.1, 0.15) is 5.56 Å². The predicted octanol–water partition coefficient (Wildman–Crippen LogP) is 1.21. The Balaban J connectivity index is 2.88. The smallest absolute Gasteiger partial charge is 0.0420 e. The summed E-state index contributed by atoms with van der Waals surface area (Å²) in [4.78, 5) is 8.66. The minimum atomic E-state index is -0.0736. The molecule has 2 heteroatoms. The van der Waals surface area contributed by atoms with E-state index in [1.807, 2.05) is 31.2 Å². The molecule has 1 aromatic rings. The van der Waals surface area contributed by atoms with Crippen molar-refractivity contribution in [2.24, 2.45) is 0 Å². The molecule has 0 aliphatic heterocycles. The summed E-state index contributed by atoms with van der Waals surface area (Å²) in [6.07, 6.45) is 0. The fraction of sp³-hybridized carbons (Fsp3) is 0.143. The minimum absolute atomic E-state index is 0.0736. The third-order valence-electron chi connectivity index (χ3n) is 1.18. The Bertz CT molecular complexity index is 181. The van der Waals surface area contributed by atoms with Crippen LogP contribution in [0.3, 0.4) is 0 Å². The number of aryl methyl sites for hydroxylation is 1. The molecule has 0 saturated carbocycles. The Morgan fingerprint density at radius 3 is 2.22 bits per heavy atom. The maximum Gasteiger partial charge on any atom is 0.0420 e. The van der Waals surface area contributed by atoms with Crippen LogP contribution in [-0.2, 0) is 0 Å². The quantitative estimate of drug-likeness (QED) is 0.581. The van der Waals surface area contributed by atoms with E-state index in [0.29, 0.717) is 0 Å². The highest BCUT2D eigenvalue weighted by molar-refractivity contribution is 7.40. The topological polar surface area (TPSA) is 20.2 Å². The molecule has 1 atom stereocenters. The van der Waals surface area contributed by atoms with Gasteiger partial charge in [-0.05, 0) is 12.2 Å². The average molecular weight is 140 g/mol. The van der Waals surface area contributed by atoms with E-state index in [9.17, 15) is 0 Å². The van der Waals surface area contributed by atoms with Crippen molar-refractivity contribution in [2.75, 3.05) is 0 Å². The van der Waals surface area contributed by atoms with Gasteiger partial charge < -0.3 is 4.89 Å². The molecule has 0 bridgehead atoms. The van der Waals surface area contributed by atoms with Gasteiger partial charge in [0, 0.05) is 8.81 Å². The summed E-state index contributed by atoms with van der Waals surface area (Å²) in [5.41, 5.74) is 1.23. The average Bonchev–Trinajstić information content (AvgIpc) is 1.90. The molecule has 1 unspecified atom stereocenters. The number of benzene rings is 1. The van der Waals surface area contributed by atoms with Gasteiger partial charge in [0.05, 0.1) is 0 Å². The van der Waals surface area contributed by atoms with Gasteiger partial charge >= 0.3 is 0 Å². The highest BCUT2D eigenvalue weighted by Crippen LogP contribution is 2.03. The molecule has 0 saturated heterocycles. The number of hydrogen-bond donors (Lipinski definition) is 1. The van der Waals surface area contributed by atoms with E-state index in [2.05, 4.69) is 0 Å². The lowest BCUT2D eigenvalue weighted by Gasteiger charge is -1.93. The summed E-state index contributed by atoms with van der Waals surface area (Å²) >= 11 is 0. The van der Waals surface area contributed by atoms with Crippen LogP contribution in [0.15, 0.2) is 24.3 Å². The van der Waals surface area contributed by atoms with E-state index in [-0.39, 0.29) is 8.81 Å². The van der Waals surface area contributed by atoms with Crippen molar-refractivity contribution in [3.8, 4) is 0 Å². The predicted molar refractivity (Wildman–Crippen MR) is 41.3 cm³/mol. The van der Waals surface area contributed by atoms with Gasteiger partial charge in [-0.1, -0.05) is 29.8 Å². The lowest BCUT2D eigenvalue weighted by atomic mass is 10.2. The Kier molecular flexibility index (Phi) is 2.21. The van der Waals surface area contributed by atoms with Gasteiger partial charge in [0.25, 0.3) is 0 Å². The van der Waals surface area contributed by atoms with Crippen LogP contribution in [0.2, 0.25) is 0 Å². The fourth-order valence-electron chi connectivity index (χ4n) is 0.628. The van der Waals surface area contributed by atoms with Crippen molar-refractivity contribution in [1.82, 2.24) is 0 Å². The maximum atomic E-state index is 8.66. The minimum Gasteiger partial charge on any atom is -0.372 e. The first-order chi connectivity index (χ1) is 4.33. The molecular weight excluding hydrogens is 131 g/mol. The second kappa shape index (κ2) is 2.95. The molecule has 1 N–H and O–H groups in total. The third-order valence-corrected chi connectivity index (χ3v) is 1.77. The van der Waals surface area contributed by atoms with Crippen LogP contribution in [-0.4, -0.2) is 4.89 Å². The Morgan fingerprint density at radius 2 is 1.78 bits per heavy atom. The standard InChI is InChI=1S/C7H9OP/c1-6-2-4-7(9-8)5-3-6/h2-5,8-9H,1H3. The lowest BCUT2D eigenvalue weighted by Crippen LogP contribution is -1.90. The van der Waals surface area contributed by atoms with Crippen LogP contribution in [0, 0.1) is 6.92 Å². The van der Waals surface area contributed by atoms with Crippen LogP contribution < -0.4 is 5.30 Å². The SMILES string of the molecule is Cc1ccc(PO)cc1. The normalized spacial score (nSPS) is 10.9. The maximum absolute atomic E-state index is 8.66. The van der Waals surface area contributed by atoms with Gasteiger partial charge in [0.15, 0.2) is 0 Å². The van der Waals surface area contributed by atoms with Crippen molar-refractivity contribution in [3.63, 3.8) is 0 Å². The second-order valence-electron chi connectivity index (χ2n) is 1.98. The van der Waals surface area contributed by atoms with E-state index in [4.69, 9.17) is 4.89 Å². The lowest BCUT2D eigenvalue weighted by molar-refractivity contribution is 0.655. The van der Waals surface area contributed by atoms with Crippen LogP contribution in [0.4, 0.5) is 0 Å². The van der Waals surface area contributed by atoms with Gasteiger partial charge in [-0.25, -0.2) is 0 Å². The summed E-state index contributed by atoms with van der Waals surface area (Å²) in [7, 11) is -0.0736. The molecule has 0 aliphatic carbocycles. The zero-order chi connectivity index (χ0) is 6.69. The van der Waals surface area contributed by atoms with Crippen LogP contribution in [0.5, 0.6) is 0 Å². The zero-order valence-electron chi connectivity index (χ0n) is 5.26. The Labute approximate surface area is 56.6 Å². The molecule has 1 nitrogen and oxygen atoms in total. The van der Waals surface area contributed by atoms with Crippen molar-refractivity contribution in [2.45, 2.75) is 6.92 Å². The van der Waals surface area contributed by atoms with Gasteiger partial charge in [0.2, 0.25) is 0 Å². The first-order valence-electron chi connectivity index (χ1n) is 2.79. The fourth-order valence-corrected chi connectivity index (χ4v) is 0.944. The molecule has 0 aliphatic rings. The van der Waals surface area contributed by atoms with Crippen LogP contribution >= 0.6 is 8.81 Å². The molecule has 1 aromatic carbocycles. The molecule has 1 rings (SSSR count). The number of hydrogen-bond acceptors (Lipinski definition) is 1. The van der Waals surface area contributed by atoms with E-state index in [0.717, 1.165) is 5.30 Å². The van der Waals surface area contributed by atoms with E-state index in [1.54, 1.807) is 0 Å². The largest absolute Gasteiger partial charge is 0.372 e. The Hall–Kier alpha value is -0.390. The highest BCUT2D eigenvalue weighted by atomic mass is 31.1. The van der Waals surface area contributed by atoms with Crippen LogP contribution in [0.25, 0.3) is 0 Å². The monoisotopic (exact) mass is 140 g/mol. The highest BCUT2D eigenvalue weighted by Gasteiger charge is 1.86. The van der Waals surface area contributed by atoms with E-state index < -0.39 is 0 Å². The first-order valence-corrected chi connectivity index (χ1v) is 3.74. The Morgan fingerprint density at radius 1 is 1.22 bits per heavy atom. The summed E-state index contributed by atoms with van der Waals surface area (Å²) < 4.78 is 0. The molecular formula is C7H9OP. The van der Waals surface area contributed by atoms with E-state index >= 15 is 0 Å².